The summed E-state index contributed by atoms with van der Waals surface area (Å²) in [6.45, 7) is 4.82. The lowest BCUT2D eigenvalue weighted by Crippen LogP contribution is -2.40. The molecule has 0 spiro atoms. The molecule has 1 heterocycles. The van der Waals surface area contributed by atoms with E-state index in [9.17, 15) is 4.79 Å². The smallest absolute Gasteiger partial charge is 0.310 e. The summed E-state index contributed by atoms with van der Waals surface area (Å²) in [5.41, 5.74) is 2.33. The number of guanidine groups is 1. The molecule has 0 amide bonds. The maximum atomic E-state index is 11.8. The van der Waals surface area contributed by atoms with Gasteiger partial charge >= 0.3 is 5.97 Å². The van der Waals surface area contributed by atoms with Crippen molar-refractivity contribution in [2.75, 3.05) is 34.4 Å². The molecular weight excluding hydrogens is 306 g/mol. The van der Waals surface area contributed by atoms with Crippen molar-refractivity contribution in [1.29, 1.82) is 0 Å². The summed E-state index contributed by atoms with van der Waals surface area (Å²) >= 11 is 0. The number of hydrogen-bond acceptors (Lipinski definition) is 4. The number of hydrogen-bond donors (Lipinski definition) is 1. The maximum absolute atomic E-state index is 11.8. The van der Waals surface area contributed by atoms with E-state index >= 15 is 0 Å². The average Bonchev–Trinajstić information content (AvgIpc) is 2.98. The second kappa shape index (κ2) is 8.68. The minimum Gasteiger partial charge on any atom is -0.469 e. The Morgan fingerprint density at radius 3 is 2.50 bits per heavy atom. The number of carbonyl (C=O) groups excluding carboxylic acids is 1. The van der Waals surface area contributed by atoms with Gasteiger partial charge in [0.15, 0.2) is 5.96 Å². The van der Waals surface area contributed by atoms with E-state index in [4.69, 9.17) is 9.47 Å². The molecule has 0 aliphatic carbocycles. The fraction of sp³-hybridized carbons (Fsp3) is 0.556. The molecule has 1 fully saturated rings. The summed E-state index contributed by atoms with van der Waals surface area (Å²) in [5, 5.41) is 3.37. The molecule has 1 aromatic rings. The molecule has 0 saturated carbocycles. The van der Waals surface area contributed by atoms with Crippen LogP contribution in [-0.4, -0.2) is 51.2 Å². The van der Waals surface area contributed by atoms with Crippen molar-refractivity contribution in [3.05, 3.63) is 35.4 Å². The fourth-order valence-corrected chi connectivity index (χ4v) is 3.03. The Hall–Kier alpha value is -2.08. The SMILES string of the molecule is CN=C(NCc1ccc(COC)cc1)N1CC(C)C(C(=O)OC)C1. The molecule has 0 aromatic heterocycles. The van der Waals surface area contributed by atoms with Gasteiger partial charge < -0.3 is 19.7 Å². The summed E-state index contributed by atoms with van der Waals surface area (Å²) in [6.07, 6.45) is 0. The molecule has 1 N–H and O–H groups in total. The highest BCUT2D eigenvalue weighted by Gasteiger charge is 2.36. The Bertz CT molecular complexity index is 571. The quantitative estimate of drug-likeness (QED) is 0.504. The first-order valence-corrected chi connectivity index (χ1v) is 8.19. The van der Waals surface area contributed by atoms with Gasteiger partial charge in [0.05, 0.1) is 19.6 Å². The maximum Gasteiger partial charge on any atom is 0.310 e. The number of likely N-dealkylation sites (tertiary alicyclic amines) is 1. The molecule has 2 unspecified atom stereocenters. The van der Waals surface area contributed by atoms with Crippen molar-refractivity contribution in [1.82, 2.24) is 10.2 Å². The van der Waals surface area contributed by atoms with Gasteiger partial charge in [0.1, 0.15) is 0 Å². The minimum atomic E-state index is -0.144. The Balaban J connectivity index is 1.92. The lowest BCUT2D eigenvalue weighted by atomic mass is 9.99. The van der Waals surface area contributed by atoms with Gasteiger partial charge in [-0.25, -0.2) is 0 Å². The molecule has 1 aliphatic rings. The summed E-state index contributed by atoms with van der Waals surface area (Å²) in [6, 6.07) is 8.29. The van der Waals surface area contributed by atoms with Crippen LogP contribution in [0, 0.1) is 11.8 Å². The van der Waals surface area contributed by atoms with E-state index in [2.05, 4.69) is 46.4 Å². The van der Waals surface area contributed by atoms with Crippen molar-refractivity contribution < 1.29 is 14.3 Å². The van der Waals surface area contributed by atoms with Crippen LogP contribution in [0.4, 0.5) is 0 Å². The van der Waals surface area contributed by atoms with Gasteiger partial charge in [-0.1, -0.05) is 31.2 Å². The van der Waals surface area contributed by atoms with Crippen LogP contribution < -0.4 is 5.32 Å². The van der Waals surface area contributed by atoms with Crippen molar-refractivity contribution >= 4 is 11.9 Å². The highest BCUT2D eigenvalue weighted by atomic mass is 16.5. The number of carbonyl (C=O) groups is 1. The second-order valence-corrected chi connectivity index (χ2v) is 6.16. The van der Waals surface area contributed by atoms with Crippen molar-refractivity contribution in [3.8, 4) is 0 Å². The Morgan fingerprint density at radius 2 is 1.92 bits per heavy atom. The van der Waals surface area contributed by atoms with Crippen LogP contribution in [0.5, 0.6) is 0 Å². The third kappa shape index (κ3) is 4.47. The molecule has 1 aromatic carbocycles. The highest BCUT2D eigenvalue weighted by Crippen LogP contribution is 2.24. The molecule has 6 heteroatoms. The average molecular weight is 333 g/mol. The van der Waals surface area contributed by atoms with Crippen molar-refractivity contribution in [2.45, 2.75) is 20.1 Å². The topological polar surface area (TPSA) is 63.2 Å². The molecule has 0 radical (unpaired) electrons. The predicted molar refractivity (Wildman–Crippen MR) is 93.6 cm³/mol. The summed E-state index contributed by atoms with van der Waals surface area (Å²) in [4.78, 5) is 18.3. The molecule has 132 valence electrons. The Kier molecular flexibility index (Phi) is 6.61. The standard InChI is InChI=1S/C18H27N3O3/c1-13-10-21(11-16(13)17(22)24-4)18(19-2)20-9-14-5-7-15(8-6-14)12-23-3/h5-8,13,16H,9-12H2,1-4H3,(H,19,20). The summed E-state index contributed by atoms with van der Waals surface area (Å²) < 4.78 is 10.0. The van der Waals surface area contributed by atoms with Crippen LogP contribution in [0.15, 0.2) is 29.3 Å². The van der Waals surface area contributed by atoms with E-state index in [1.807, 2.05) is 0 Å². The first-order valence-electron chi connectivity index (χ1n) is 8.19. The number of nitrogens with one attached hydrogen (secondary N) is 1. The molecule has 24 heavy (non-hydrogen) atoms. The lowest BCUT2D eigenvalue weighted by molar-refractivity contribution is -0.145. The summed E-state index contributed by atoms with van der Waals surface area (Å²) in [5.74, 6) is 0.828. The van der Waals surface area contributed by atoms with Crippen molar-refractivity contribution in [2.24, 2.45) is 16.8 Å². The van der Waals surface area contributed by atoms with Crippen LogP contribution >= 0.6 is 0 Å². The van der Waals surface area contributed by atoms with Gasteiger partial charge in [0, 0.05) is 33.8 Å². The predicted octanol–water partition coefficient (Wildman–Crippen LogP) is 1.65. The number of aliphatic imine (C=N–C) groups is 1. The zero-order valence-corrected chi connectivity index (χ0v) is 14.9. The van der Waals surface area contributed by atoms with Gasteiger partial charge in [0.25, 0.3) is 0 Å². The third-order valence-corrected chi connectivity index (χ3v) is 4.41. The van der Waals surface area contributed by atoms with E-state index < -0.39 is 0 Å². The van der Waals surface area contributed by atoms with Crippen LogP contribution in [-0.2, 0) is 27.4 Å². The zero-order valence-electron chi connectivity index (χ0n) is 14.9. The van der Waals surface area contributed by atoms with Crippen LogP contribution in [0.1, 0.15) is 18.1 Å². The van der Waals surface area contributed by atoms with Gasteiger partial charge in [0.2, 0.25) is 0 Å². The second-order valence-electron chi connectivity index (χ2n) is 6.16. The first-order chi connectivity index (χ1) is 11.6. The van der Waals surface area contributed by atoms with Gasteiger partial charge in [-0.3, -0.25) is 9.79 Å². The number of benzene rings is 1. The molecule has 1 saturated heterocycles. The Morgan fingerprint density at radius 1 is 1.25 bits per heavy atom. The molecule has 0 bridgehead atoms. The van der Waals surface area contributed by atoms with E-state index in [1.54, 1.807) is 14.2 Å². The Labute approximate surface area is 143 Å². The van der Waals surface area contributed by atoms with Crippen molar-refractivity contribution in [3.63, 3.8) is 0 Å². The van der Waals surface area contributed by atoms with E-state index in [0.717, 1.165) is 18.1 Å². The molecule has 1 aliphatic heterocycles. The van der Waals surface area contributed by atoms with Crippen LogP contribution in [0.3, 0.4) is 0 Å². The van der Waals surface area contributed by atoms with Gasteiger partial charge in [-0.2, -0.15) is 0 Å². The minimum absolute atomic E-state index is 0.0955. The highest BCUT2D eigenvalue weighted by molar-refractivity contribution is 5.82. The molecule has 6 nitrogen and oxygen atoms in total. The summed E-state index contributed by atoms with van der Waals surface area (Å²) in [7, 11) is 4.90. The molecule has 2 atom stereocenters. The number of esters is 1. The normalized spacial score (nSPS) is 21.0. The van der Waals surface area contributed by atoms with Gasteiger partial charge in [-0.15, -0.1) is 0 Å². The first kappa shape index (κ1) is 18.3. The van der Waals surface area contributed by atoms with E-state index in [0.29, 0.717) is 19.7 Å². The number of methoxy groups -OCH3 is 2. The largest absolute Gasteiger partial charge is 0.469 e. The zero-order chi connectivity index (χ0) is 17.5. The van der Waals surface area contributed by atoms with Gasteiger partial charge in [-0.05, 0) is 17.0 Å². The van der Waals surface area contributed by atoms with E-state index in [-0.39, 0.29) is 17.8 Å². The number of nitrogens with zero attached hydrogens (tertiary/aromatic N) is 2. The number of ether oxygens (including phenoxy) is 2. The monoisotopic (exact) mass is 333 g/mol. The molecule has 2 rings (SSSR count). The van der Waals surface area contributed by atoms with Crippen LogP contribution in [0.2, 0.25) is 0 Å². The number of rotatable bonds is 5. The fourth-order valence-electron chi connectivity index (χ4n) is 3.03. The lowest BCUT2D eigenvalue weighted by Gasteiger charge is -2.21. The van der Waals surface area contributed by atoms with Crippen LogP contribution in [0.25, 0.3) is 0 Å². The molecular formula is C18H27N3O3. The van der Waals surface area contributed by atoms with E-state index in [1.165, 1.54) is 12.7 Å². The third-order valence-electron chi connectivity index (χ3n) is 4.41.